The van der Waals surface area contributed by atoms with Crippen molar-refractivity contribution in [2.75, 3.05) is 97.9 Å². The number of nitrogens with one attached hydrogen (secondary N) is 1. The molecule has 0 bridgehead atoms. The number of nitrogens with zero attached hydrogens (tertiary/aromatic N) is 8. The van der Waals surface area contributed by atoms with Gasteiger partial charge in [0.05, 0.1) is 24.2 Å². The molecule has 0 saturated carbocycles. The fourth-order valence-corrected chi connectivity index (χ4v) is 17.6. The number of aliphatic hydroxyl groups excluding tert-OH is 1. The number of ketones is 4. The van der Waals surface area contributed by atoms with Gasteiger partial charge in [-0.3, -0.25) is 47.4 Å². The van der Waals surface area contributed by atoms with Crippen LogP contribution in [0.15, 0.2) is 174 Å². The van der Waals surface area contributed by atoms with Gasteiger partial charge in [-0.1, -0.05) is 151 Å². The standard InChI is InChI=1S/C22H32N2O3S2.C21H27N5O2S.C21H28N2O4S.C21H29NO3S/c1-23-29(2,27)17-7-15-28-16-14-24-20(10-6-11-22(24)26)12-13-21(25)18-19-8-4-3-5-9-19;27-19(16-17-6-2-1-3-7-17)12-11-18-8-4-10-21(28)26(18)13-15-29-14-5-9-20-22-24-25-23-20;22-27-21(26)10-5-14-28-15-13-23-18(8-4-9-20(23)25)11-12-19(24)16-17-6-2-1-3-7-17;23-14-4-5-15-26-16-13-22-19(9-6-10-21(22)25)11-12-20(24)17-18-7-2-1-3-8-18/h3-5,8-9,12-13,20H,6-7,10-11,14-18H2,1-2H3;1-3,6-7,11-12,18H,4-5,8-10,13-16H2,(H,22,23,24,25);1-3,6-7,11-12,18H,4-5,8-10,13-16,22H2;1-3,7-8,11-12,19,23H,4-6,9-10,13-17H2/t20-,29?;2*18-;19-/m1111/s1. The van der Waals surface area contributed by atoms with E-state index in [1.807, 2.05) is 189 Å². The third kappa shape index (κ3) is 38.8. The lowest BCUT2D eigenvalue weighted by Crippen LogP contribution is -2.43. The highest BCUT2D eigenvalue weighted by atomic mass is 32.2. The second kappa shape index (κ2) is 55.6. The molecule has 608 valence electrons. The largest absolute Gasteiger partial charge is 0.396 e. The Morgan fingerprint density at radius 3 is 1.12 bits per heavy atom. The van der Waals surface area contributed by atoms with Gasteiger partial charge in [0.25, 0.3) is 0 Å². The van der Waals surface area contributed by atoms with Crippen LogP contribution in [-0.4, -0.2) is 224 Å². The molecule has 5 heterocycles. The number of amides is 4. The SMILES string of the molecule is CN=S(C)(=O)CCCSCCN1C(=O)CCC[C@@H]1C=CC(=O)Cc1ccccc1.NOC(=O)CCCSCCN1C(=O)CCC[C@@H]1C=CC(=O)Cc1ccccc1.O=C(C=C[C@H]1CCCC(=O)N1CCSCCCCO)Cc1ccccc1.O=C(C=C[C@H]1CCCC(=O)N1CCSCCCc1nn[nH]n1)Cc1ccccc1. The van der Waals surface area contributed by atoms with Gasteiger partial charge >= 0.3 is 5.97 Å². The number of aromatic amines is 1. The van der Waals surface area contributed by atoms with Gasteiger partial charge in [-0.2, -0.15) is 58.2 Å². The van der Waals surface area contributed by atoms with Gasteiger partial charge in [-0.25, -0.2) is 4.36 Å². The zero-order valence-electron chi connectivity index (χ0n) is 65.3. The van der Waals surface area contributed by atoms with E-state index in [4.69, 9.17) is 11.0 Å². The Kier molecular flexibility index (Phi) is 46.2. The van der Waals surface area contributed by atoms with Crippen molar-refractivity contribution in [3.05, 3.63) is 198 Å². The molecule has 0 spiro atoms. The van der Waals surface area contributed by atoms with E-state index < -0.39 is 15.7 Å². The number of carbonyl (C=O) groups excluding carboxylic acids is 9. The second-order valence-electron chi connectivity index (χ2n) is 27.7. The zero-order valence-corrected chi connectivity index (χ0v) is 69.4. The number of carbonyl (C=O) groups is 9. The van der Waals surface area contributed by atoms with Crippen LogP contribution in [0.4, 0.5) is 0 Å². The van der Waals surface area contributed by atoms with E-state index in [9.17, 15) is 47.4 Å². The van der Waals surface area contributed by atoms with Crippen molar-refractivity contribution in [3.63, 3.8) is 0 Å². The van der Waals surface area contributed by atoms with E-state index in [2.05, 4.69) is 29.8 Å². The average molecular weight is 1630 g/mol. The summed E-state index contributed by atoms with van der Waals surface area (Å²) in [4.78, 5) is 121. The third-order valence-electron chi connectivity index (χ3n) is 19.0. The Morgan fingerprint density at radius 2 is 0.812 bits per heavy atom. The molecular weight excluding hydrogens is 1510 g/mol. The van der Waals surface area contributed by atoms with Gasteiger partial charge in [0.15, 0.2) is 29.0 Å². The van der Waals surface area contributed by atoms with Crippen molar-refractivity contribution in [2.24, 2.45) is 10.3 Å². The van der Waals surface area contributed by atoms with E-state index in [0.717, 1.165) is 164 Å². The Bertz CT molecular complexity index is 3870. The maximum Gasteiger partial charge on any atom is 0.324 e. The van der Waals surface area contributed by atoms with Crippen molar-refractivity contribution < 1.29 is 57.3 Å². The number of rotatable bonds is 44. The highest BCUT2D eigenvalue weighted by Crippen LogP contribution is 2.25. The van der Waals surface area contributed by atoms with E-state index in [1.165, 1.54) is 0 Å². The molecule has 112 heavy (non-hydrogen) atoms. The van der Waals surface area contributed by atoms with Crippen LogP contribution in [0.25, 0.3) is 0 Å². The summed E-state index contributed by atoms with van der Waals surface area (Å²) in [5.41, 5.74) is 4.01. The first-order valence-electron chi connectivity index (χ1n) is 39.2. The number of unbranched alkanes of at least 4 members (excludes halogenated alkanes) is 1. The van der Waals surface area contributed by atoms with Crippen molar-refractivity contribution >= 4 is 110 Å². The van der Waals surface area contributed by atoms with Crippen LogP contribution in [0.5, 0.6) is 0 Å². The summed E-state index contributed by atoms with van der Waals surface area (Å²) >= 11 is 7.12. The number of aryl methyl sites for hydroxylation is 1. The van der Waals surface area contributed by atoms with Gasteiger partial charge in [0, 0.05) is 149 Å². The number of benzene rings is 4. The lowest BCUT2D eigenvalue weighted by atomic mass is 10.00. The molecule has 5 atom stereocenters. The number of H-pyrrole nitrogens is 1. The Morgan fingerprint density at radius 1 is 0.491 bits per heavy atom. The predicted octanol–water partition coefficient (Wildman–Crippen LogP) is 12.1. The van der Waals surface area contributed by atoms with E-state index in [0.29, 0.717) is 89.6 Å². The number of nitrogens with two attached hydrogens (primary N) is 1. The number of piperidine rings is 4. The summed E-state index contributed by atoms with van der Waals surface area (Å²) < 4.78 is 15.8. The summed E-state index contributed by atoms with van der Waals surface area (Å²) in [6.07, 6.45) is 32.4. The number of likely N-dealkylation sites (tertiary alicyclic amines) is 4. The molecule has 4 aliphatic rings. The number of aliphatic hydroxyl groups is 1. The summed E-state index contributed by atoms with van der Waals surface area (Å²) in [7, 11) is -0.420. The van der Waals surface area contributed by atoms with Crippen LogP contribution >= 0.6 is 47.0 Å². The maximum atomic E-state index is 12.4. The quantitative estimate of drug-likeness (QED) is 0.0185. The monoisotopic (exact) mass is 1630 g/mol. The molecule has 4 amide bonds. The highest BCUT2D eigenvalue weighted by Gasteiger charge is 2.30. The van der Waals surface area contributed by atoms with Crippen LogP contribution in [0, 0.1) is 0 Å². The van der Waals surface area contributed by atoms with Crippen LogP contribution in [0.1, 0.15) is 144 Å². The minimum absolute atomic E-state index is 0.00448. The Labute approximate surface area is 680 Å². The van der Waals surface area contributed by atoms with E-state index in [-0.39, 0.29) is 77.5 Å². The smallest absolute Gasteiger partial charge is 0.324 e. The maximum absolute atomic E-state index is 12.4. The second-order valence-corrected chi connectivity index (χ2v) is 35.3. The number of hydrogen-bond acceptors (Lipinski definition) is 21. The molecule has 1 unspecified atom stereocenters. The van der Waals surface area contributed by atoms with Gasteiger partial charge < -0.3 is 29.5 Å². The van der Waals surface area contributed by atoms with Crippen LogP contribution < -0.4 is 5.90 Å². The molecule has 22 nitrogen and oxygen atoms in total. The summed E-state index contributed by atoms with van der Waals surface area (Å²) in [5.74, 6) is 13.9. The first-order chi connectivity index (χ1) is 54.4. The molecule has 4 aromatic carbocycles. The molecular formula is C85H116N10O12S5. The molecule has 0 aliphatic carbocycles. The van der Waals surface area contributed by atoms with Gasteiger partial charge in [0.1, 0.15) is 0 Å². The molecule has 5 aromatic rings. The molecule has 0 radical (unpaired) electrons. The number of allylic oxidation sites excluding steroid dienone is 4. The number of thioether (sulfide) groups is 4. The molecule has 4 fully saturated rings. The lowest BCUT2D eigenvalue weighted by molar-refractivity contribution is -0.144. The first-order valence-corrected chi connectivity index (χ1v) is 45.9. The average Bonchev–Trinajstić information content (AvgIpc) is 0.906. The van der Waals surface area contributed by atoms with E-state index in [1.54, 1.807) is 61.1 Å². The number of aromatic nitrogens is 4. The van der Waals surface area contributed by atoms with Gasteiger partial charge in [-0.15, -0.1) is 10.2 Å². The summed E-state index contributed by atoms with van der Waals surface area (Å²) in [6.45, 7) is 3.02. The number of hydrogen-bond donors (Lipinski definition) is 3. The lowest BCUT2D eigenvalue weighted by Gasteiger charge is -2.34. The van der Waals surface area contributed by atoms with Crippen LogP contribution in [0.2, 0.25) is 0 Å². The molecule has 1 aromatic heterocycles. The van der Waals surface area contributed by atoms with Crippen molar-refractivity contribution in [1.82, 2.24) is 40.2 Å². The van der Waals surface area contributed by atoms with Crippen molar-refractivity contribution in [2.45, 2.75) is 172 Å². The summed E-state index contributed by atoms with van der Waals surface area (Å²) in [5, 5.41) is 22.7. The molecule has 4 N–H and O–H groups in total. The highest BCUT2D eigenvalue weighted by molar-refractivity contribution is 8.00. The minimum atomic E-state index is -2.03. The first kappa shape index (κ1) is 93.1. The molecule has 27 heteroatoms. The third-order valence-corrected chi connectivity index (χ3v) is 25.0. The van der Waals surface area contributed by atoms with Gasteiger partial charge in [-0.05, 0) is 153 Å². The van der Waals surface area contributed by atoms with Crippen molar-refractivity contribution in [1.29, 1.82) is 0 Å². The molecule has 4 saturated heterocycles. The van der Waals surface area contributed by atoms with Crippen LogP contribution in [-0.2, 0) is 89.8 Å². The minimum Gasteiger partial charge on any atom is -0.396 e. The fourth-order valence-electron chi connectivity index (χ4n) is 12.9. The van der Waals surface area contributed by atoms with E-state index >= 15 is 0 Å². The number of tetrazole rings is 1. The van der Waals surface area contributed by atoms with Crippen molar-refractivity contribution in [3.8, 4) is 0 Å². The zero-order chi connectivity index (χ0) is 80.2. The molecule has 9 rings (SSSR count). The summed E-state index contributed by atoms with van der Waals surface area (Å²) in [6, 6.07) is 38.8. The topological polar surface area (TPSA) is 306 Å². The fraction of sp³-hybridized carbons (Fsp3) is 0.506. The Balaban J connectivity index is 0.000000233. The van der Waals surface area contributed by atoms with Crippen LogP contribution in [0.3, 0.4) is 0 Å². The Hall–Kier alpha value is -7.79. The normalized spacial score (nSPS) is 17.9. The molecule has 4 aliphatic heterocycles. The predicted molar refractivity (Wildman–Crippen MR) is 454 cm³/mol. The van der Waals surface area contributed by atoms with Gasteiger partial charge in [0.2, 0.25) is 23.6 Å².